The van der Waals surface area contributed by atoms with Crippen LogP contribution in [0.3, 0.4) is 0 Å². The van der Waals surface area contributed by atoms with E-state index in [-0.39, 0.29) is 0 Å². The van der Waals surface area contributed by atoms with E-state index >= 15 is 0 Å². The molecule has 0 spiro atoms. The molecule has 0 bridgehead atoms. The first-order valence-electron chi connectivity index (χ1n) is 6.18. The van der Waals surface area contributed by atoms with Gasteiger partial charge in [-0.3, -0.25) is 0 Å². The van der Waals surface area contributed by atoms with Gasteiger partial charge in [-0.05, 0) is 11.8 Å². The normalized spacial score (nSPS) is 13.6. The predicted molar refractivity (Wildman–Crippen MR) is 62.0 cm³/mol. The summed E-state index contributed by atoms with van der Waals surface area (Å²) in [5, 5.41) is 0. The van der Waals surface area contributed by atoms with E-state index in [2.05, 4.69) is 27.7 Å². The molecular weight excluding hydrogens is 156 g/mol. The Hall–Kier alpha value is 0. The Labute approximate surface area is 85.1 Å². The van der Waals surface area contributed by atoms with Crippen molar-refractivity contribution in [1.82, 2.24) is 0 Å². The highest BCUT2D eigenvalue weighted by Crippen LogP contribution is 2.18. The molecule has 0 heteroatoms. The zero-order chi connectivity index (χ0) is 10.1. The molecule has 0 aromatic rings. The highest BCUT2D eigenvalue weighted by molar-refractivity contribution is 4.57. The SMILES string of the molecule is CCCCCCCCC(C)C(C)C. The van der Waals surface area contributed by atoms with Crippen LogP contribution in [-0.4, -0.2) is 0 Å². The fourth-order valence-electron chi connectivity index (χ4n) is 1.58. The van der Waals surface area contributed by atoms with Crippen LogP contribution in [0.1, 0.15) is 72.6 Å². The van der Waals surface area contributed by atoms with E-state index in [4.69, 9.17) is 0 Å². The maximum Gasteiger partial charge on any atom is -0.0420 e. The molecule has 0 aromatic heterocycles. The van der Waals surface area contributed by atoms with Gasteiger partial charge in [0.1, 0.15) is 0 Å². The maximum absolute atomic E-state index is 2.39. The van der Waals surface area contributed by atoms with E-state index in [1.807, 2.05) is 0 Å². The fraction of sp³-hybridized carbons (Fsp3) is 1.00. The summed E-state index contributed by atoms with van der Waals surface area (Å²) in [6.45, 7) is 9.33. The van der Waals surface area contributed by atoms with Gasteiger partial charge >= 0.3 is 0 Å². The van der Waals surface area contributed by atoms with E-state index in [9.17, 15) is 0 Å². The zero-order valence-electron chi connectivity index (χ0n) is 10.1. The lowest BCUT2D eigenvalue weighted by atomic mass is 9.92. The highest BCUT2D eigenvalue weighted by Gasteiger charge is 2.05. The van der Waals surface area contributed by atoms with Crippen LogP contribution in [0.2, 0.25) is 0 Å². The van der Waals surface area contributed by atoms with Crippen molar-refractivity contribution in [3.63, 3.8) is 0 Å². The van der Waals surface area contributed by atoms with Crippen molar-refractivity contribution in [3.8, 4) is 0 Å². The van der Waals surface area contributed by atoms with Gasteiger partial charge in [-0.2, -0.15) is 0 Å². The van der Waals surface area contributed by atoms with Gasteiger partial charge in [0.2, 0.25) is 0 Å². The summed E-state index contributed by atoms with van der Waals surface area (Å²) < 4.78 is 0. The van der Waals surface area contributed by atoms with Gasteiger partial charge in [0.05, 0.1) is 0 Å². The molecule has 0 aliphatic carbocycles. The summed E-state index contributed by atoms with van der Waals surface area (Å²) in [4.78, 5) is 0. The quantitative estimate of drug-likeness (QED) is 0.464. The third-order valence-corrected chi connectivity index (χ3v) is 3.15. The second-order valence-electron chi connectivity index (χ2n) is 4.78. The second kappa shape index (κ2) is 8.59. The van der Waals surface area contributed by atoms with E-state index < -0.39 is 0 Å². The second-order valence-corrected chi connectivity index (χ2v) is 4.78. The first-order chi connectivity index (χ1) is 6.18. The van der Waals surface area contributed by atoms with Crippen molar-refractivity contribution in [2.24, 2.45) is 11.8 Å². The zero-order valence-corrected chi connectivity index (χ0v) is 10.1. The average Bonchev–Trinajstić information content (AvgIpc) is 2.10. The minimum absolute atomic E-state index is 0.871. The van der Waals surface area contributed by atoms with Gasteiger partial charge in [-0.1, -0.05) is 72.6 Å². The van der Waals surface area contributed by atoms with Gasteiger partial charge in [0.25, 0.3) is 0 Å². The first-order valence-corrected chi connectivity index (χ1v) is 6.18. The van der Waals surface area contributed by atoms with E-state index in [0.717, 1.165) is 11.8 Å². The van der Waals surface area contributed by atoms with Gasteiger partial charge < -0.3 is 0 Å². The fourth-order valence-corrected chi connectivity index (χ4v) is 1.58. The number of unbranched alkanes of at least 4 members (excludes halogenated alkanes) is 5. The number of rotatable bonds is 8. The van der Waals surface area contributed by atoms with Crippen molar-refractivity contribution in [3.05, 3.63) is 0 Å². The molecule has 0 rings (SSSR count). The molecule has 0 radical (unpaired) electrons. The molecule has 0 aliphatic rings. The maximum atomic E-state index is 2.39. The Morgan fingerprint density at radius 2 is 1.31 bits per heavy atom. The summed E-state index contributed by atoms with van der Waals surface area (Å²) in [6, 6.07) is 0. The Kier molecular flexibility index (Phi) is 8.59. The Bertz CT molecular complexity index is 94.2. The van der Waals surface area contributed by atoms with Gasteiger partial charge in [-0.15, -0.1) is 0 Å². The van der Waals surface area contributed by atoms with Gasteiger partial charge in [-0.25, -0.2) is 0 Å². The summed E-state index contributed by atoms with van der Waals surface area (Å²) in [7, 11) is 0. The van der Waals surface area contributed by atoms with Crippen LogP contribution < -0.4 is 0 Å². The Balaban J connectivity index is 3.07. The molecule has 0 saturated carbocycles. The van der Waals surface area contributed by atoms with Crippen LogP contribution in [0.25, 0.3) is 0 Å². The molecule has 1 atom stereocenters. The van der Waals surface area contributed by atoms with Crippen molar-refractivity contribution in [1.29, 1.82) is 0 Å². The summed E-state index contributed by atoms with van der Waals surface area (Å²) in [6.07, 6.45) is 10.0. The molecule has 80 valence electrons. The van der Waals surface area contributed by atoms with E-state index in [0.29, 0.717) is 0 Å². The Morgan fingerprint density at radius 3 is 1.85 bits per heavy atom. The standard InChI is InChI=1S/C13H28/c1-5-6-7-8-9-10-11-13(4)12(2)3/h12-13H,5-11H2,1-4H3. The van der Waals surface area contributed by atoms with Crippen LogP contribution in [-0.2, 0) is 0 Å². The van der Waals surface area contributed by atoms with Crippen LogP contribution in [0.15, 0.2) is 0 Å². The minimum Gasteiger partial charge on any atom is -0.0654 e. The third kappa shape index (κ3) is 8.33. The molecule has 0 fully saturated rings. The van der Waals surface area contributed by atoms with Crippen LogP contribution in [0.4, 0.5) is 0 Å². The van der Waals surface area contributed by atoms with Crippen LogP contribution in [0, 0.1) is 11.8 Å². The average molecular weight is 184 g/mol. The van der Waals surface area contributed by atoms with E-state index in [1.54, 1.807) is 0 Å². The third-order valence-electron chi connectivity index (χ3n) is 3.15. The first kappa shape index (κ1) is 13.0. The molecule has 13 heavy (non-hydrogen) atoms. The minimum atomic E-state index is 0.871. The number of hydrogen-bond acceptors (Lipinski definition) is 0. The van der Waals surface area contributed by atoms with Crippen molar-refractivity contribution >= 4 is 0 Å². The lowest BCUT2D eigenvalue weighted by Gasteiger charge is -2.14. The smallest absolute Gasteiger partial charge is 0.0420 e. The van der Waals surface area contributed by atoms with Crippen molar-refractivity contribution < 1.29 is 0 Å². The van der Waals surface area contributed by atoms with Gasteiger partial charge in [0.15, 0.2) is 0 Å². The van der Waals surface area contributed by atoms with Crippen LogP contribution in [0.5, 0.6) is 0 Å². The Morgan fingerprint density at radius 1 is 0.769 bits per heavy atom. The summed E-state index contributed by atoms with van der Waals surface area (Å²) >= 11 is 0. The summed E-state index contributed by atoms with van der Waals surface area (Å²) in [5.74, 6) is 1.79. The van der Waals surface area contributed by atoms with Gasteiger partial charge in [0, 0.05) is 0 Å². The molecule has 0 aliphatic heterocycles. The largest absolute Gasteiger partial charge is 0.0654 e. The van der Waals surface area contributed by atoms with Crippen molar-refractivity contribution in [2.45, 2.75) is 72.6 Å². The topological polar surface area (TPSA) is 0 Å². The molecule has 0 N–H and O–H groups in total. The molecule has 0 aromatic carbocycles. The molecule has 0 heterocycles. The predicted octanol–water partition coefficient (Wildman–Crippen LogP) is 5.03. The molecular formula is C13H28. The van der Waals surface area contributed by atoms with Crippen LogP contribution >= 0.6 is 0 Å². The van der Waals surface area contributed by atoms with Crippen molar-refractivity contribution in [2.75, 3.05) is 0 Å². The lowest BCUT2D eigenvalue weighted by molar-refractivity contribution is 0.374. The van der Waals surface area contributed by atoms with E-state index in [1.165, 1.54) is 44.9 Å². The highest BCUT2D eigenvalue weighted by atomic mass is 14.1. The molecule has 0 nitrogen and oxygen atoms in total. The monoisotopic (exact) mass is 184 g/mol. The molecule has 1 unspecified atom stereocenters. The number of hydrogen-bond donors (Lipinski definition) is 0. The lowest BCUT2D eigenvalue weighted by Crippen LogP contribution is -2.03. The summed E-state index contributed by atoms with van der Waals surface area (Å²) in [5.41, 5.74) is 0. The molecule has 0 amide bonds. The molecule has 0 saturated heterocycles.